The number of rotatable bonds is 4. The van der Waals surface area contributed by atoms with E-state index in [0.717, 1.165) is 12.8 Å². The second-order valence-electron chi connectivity index (χ2n) is 4.41. The lowest BCUT2D eigenvalue weighted by Crippen LogP contribution is -2.31. The molecule has 0 bridgehead atoms. The lowest BCUT2D eigenvalue weighted by Gasteiger charge is -2.25. The zero-order valence-electron chi connectivity index (χ0n) is 10.4. The molecule has 0 fully saturated rings. The zero-order valence-corrected chi connectivity index (χ0v) is 11.2. The maximum atomic E-state index is 12.0. The van der Waals surface area contributed by atoms with Gasteiger partial charge in [-0.3, -0.25) is 4.79 Å². The van der Waals surface area contributed by atoms with Crippen LogP contribution in [0.5, 0.6) is 0 Å². The summed E-state index contributed by atoms with van der Waals surface area (Å²) < 4.78 is 0. The molecular formula is C14H16N2OS. The fourth-order valence-electron chi connectivity index (χ4n) is 2.40. The van der Waals surface area contributed by atoms with Crippen LogP contribution in [0.4, 0.5) is 0 Å². The average Bonchev–Trinajstić information content (AvgIpc) is 2.82. The molecule has 1 atom stereocenters. The van der Waals surface area contributed by atoms with Crippen molar-refractivity contribution in [1.29, 1.82) is 5.26 Å². The molecule has 1 amide bonds. The number of benzene rings is 1. The Labute approximate surface area is 112 Å². The fourth-order valence-corrected chi connectivity index (χ4v) is 2.97. The van der Waals surface area contributed by atoms with Crippen LogP contribution in [0.3, 0.4) is 0 Å². The molecule has 0 aliphatic heterocycles. The molecule has 0 spiro atoms. The summed E-state index contributed by atoms with van der Waals surface area (Å²) in [5.41, 5.74) is 2.63. The molecule has 0 heterocycles. The minimum absolute atomic E-state index is 0.108. The highest BCUT2D eigenvalue weighted by Gasteiger charge is 2.27. The van der Waals surface area contributed by atoms with Crippen LogP contribution in [0, 0.1) is 11.3 Å². The largest absolute Gasteiger partial charge is 0.338 e. The summed E-state index contributed by atoms with van der Waals surface area (Å²) in [6.07, 6.45) is 2.05. The molecule has 1 aliphatic carbocycles. The van der Waals surface area contributed by atoms with Gasteiger partial charge in [0.05, 0.1) is 23.6 Å². The Morgan fingerprint density at radius 1 is 1.56 bits per heavy atom. The summed E-state index contributed by atoms with van der Waals surface area (Å²) in [6.45, 7) is 0. The van der Waals surface area contributed by atoms with E-state index in [0.29, 0.717) is 11.5 Å². The van der Waals surface area contributed by atoms with Crippen molar-refractivity contribution in [2.45, 2.75) is 18.9 Å². The van der Waals surface area contributed by atoms with Gasteiger partial charge in [-0.15, -0.1) is 11.8 Å². The summed E-state index contributed by atoms with van der Waals surface area (Å²) >= 11 is 1.38. The molecule has 0 aromatic heterocycles. The van der Waals surface area contributed by atoms with Gasteiger partial charge in [-0.1, -0.05) is 24.3 Å². The summed E-state index contributed by atoms with van der Waals surface area (Å²) in [5, 5.41) is 8.46. The number of nitrogens with zero attached hydrogens (tertiary/aromatic N) is 2. The molecule has 4 heteroatoms. The monoisotopic (exact) mass is 260 g/mol. The van der Waals surface area contributed by atoms with Gasteiger partial charge in [0.25, 0.3) is 0 Å². The van der Waals surface area contributed by atoms with E-state index in [1.807, 2.05) is 30.1 Å². The Balaban J connectivity index is 2.01. The number of fused-ring (bicyclic) bond motifs is 1. The van der Waals surface area contributed by atoms with Crippen molar-refractivity contribution in [3.05, 3.63) is 35.4 Å². The van der Waals surface area contributed by atoms with Gasteiger partial charge in [-0.25, -0.2) is 0 Å². The van der Waals surface area contributed by atoms with Gasteiger partial charge >= 0.3 is 0 Å². The minimum Gasteiger partial charge on any atom is -0.338 e. The van der Waals surface area contributed by atoms with Crippen molar-refractivity contribution in [3.63, 3.8) is 0 Å². The van der Waals surface area contributed by atoms with Gasteiger partial charge in [-0.05, 0) is 24.0 Å². The fraction of sp³-hybridized carbons (Fsp3) is 0.429. The van der Waals surface area contributed by atoms with Crippen LogP contribution in [-0.2, 0) is 11.2 Å². The number of hydrogen-bond donors (Lipinski definition) is 0. The number of hydrogen-bond acceptors (Lipinski definition) is 3. The maximum absolute atomic E-state index is 12.0. The normalized spacial score (nSPS) is 17.0. The molecule has 0 saturated carbocycles. The second kappa shape index (κ2) is 5.92. The molecule has 1 aromatic rings. The van der Waals surface area contributed by atoms with Crippen molar-refractivity contribution < 1.29 is 4.79 Å². The van der Waals surface area contributed by atoms with Crippen molar-refractivity contribution in [2.75, 3.05) is 18.6 Å². The molecule has 3 nitrogen and oxygen atoms in total. The van der Waals surface area contributed by atoms with E-state index in [1.165, 1.54) is 22.9 Å². The van der Waals surface area contributed by atoms with E-state index in [1.54, 1.807) is 0 Å². The predicted octanol–water partition coefficient (Wildman–Crippen LogP) is 2.39. The second-order valence-corrected chi connectivity index (χ2v) is 5.39. The zero-order chi connectivity index (χ0) is 13.0. The smallest absolute Gasteiger partial charge is 0.232 e. The molecule has 0 radical (unpaired) electrons. The minimum atomic E-state index is 0.108. The summed E-state index contributed by atoms with van der Waals surface area (Å²) in [5.74, 6) is 0.876. The molecule has 1 aliphatic rings. The van der Waals surface area contributed by atoms with Crippen molar-refractivity contribution in [3.8, 4) is 6.07 Å². The van der Waals surface area contributed by atoms with E-state index in [4.69, 9.17) is 5.26 Å². The molecule has 94 valence electrons. The van der Waals surface area contributed by atoms with E-state index in [-0.39, 0.29) is 11.9 Å². The van der Waals surface area contributed by atoms with E-state index >= 15 is 0 Å². The highest BCUT2D eigenvalue weighted by atomic mass is 32.2. The van der Waals surface area contributed by atoms with Crippen LogP contribution in [0.15, 0.2) is 24.3 Å². The Bertz CT molecular complexity index is 481. The molecule has 0 saturated heterocycles. The van der Waals surface area contributed by atoms with Crippen LogP contribution >= 0.6 is 11.8 Å². The number of nitriles is 1. The number of carbonyl (C=O) groups excluding carboxylic acids is 1. The summed E-state index contributed by atoms with van der Waals surface area (Å²) in [4.78, 5) is 13.8. The Kier molecular flexibility index (Phi) is 4.27. The van der Waals surface area contributed by atoms with Crippen LogP contribution < -0.4 is 0 Å². The highest BCUT2D eigenvalue weighted by molar-refractivity contribution is 8.00. The van der Waals surface area contributed by atoms with Crippen LogP contribution in [-0.4, -0.2) is 29.4 Å². The first-order chi connectivity index (χ1) is 8.74. The molecule has 0 N–H and O–H groups in total. The van der Waals surface area contributed by atoms with E-state index < -0.39 is 0 Å². The first kappa shape index (κ1) is 13.0. The number of thioether (sulfide) groups is 1. The van der Waals surface area contributed by atoms with Crippen LogP contribution in [0.25, 0.3) is 0 Å². The molecule has 18 heavy (non-hydrogen) atoms. The van der Waals surface area contributed by atoms with Gasteiger partial charge in [0, 0.05) is 7.05 Å². The quantitative estimate of drug-likeness (QED) is 0.781. The topological polar surface area (TPSA) is 44.1 Å². The summed E-state index contributed by atoms with van der Waals surface area (Å²) in [7, 11) is 1.86. The number of carbonyl (C=O) groups is 1. The Morgan fingerprint density at radius 3 is 3.11 bits per heavy atom. The van der Waals surface area contributed by atoms with Gasteiger partial charge in [0.1, 0.15) is 0 Å². The third-order valence-electron chi connectivity index (χ3n) is 3.35. The lowest BCUT2D eigenvalue weighted by molar-refractivity contribution is -0.129. The number of amides is 1. The molecule has 0 unspecified atom stereocenters. The Morgan fingerprint density at radius 2 is 2.33 bits per heavy atom. The maximum Gasteiger partial charge on any atom is 0.232 e. The third kappa shape index (κ3) is 2.68. The van der Waals surface area contributed by atoms with Crippen molar-refractivity contribution in [2.24, 2.45) is 0 Å². The first-order valence-electron chi connectivity index (χ1n) is 6.02. The van der Waals surface area contributed by atoms with E-state index in [9.17, 15) is 4.79 Å². The predicted molar refractivity (Wildman–Crippen MR) is 73.2 cm³/mol. The standard InChI is InChI=1S/C14H16N2OS/c1-16(14(17)10-18-9-8-15)13-7-6-11-4-2-3-5-12(11)13/h2-5,13H,6-7,9-10H2,1H3/t13-/m0/s1. The molecule has 2 rings (SSSR count). The van der Waals surface area contributed by atoms with Crippen molar-refractivity contribution in [1.82, 2.24) is 4.90 Å². The highest BCUT2D eigenvalue weighted by Crippen LogP contribution is 2.34. The van der Waals surface area contributed by atoms with Gasteiger partial charge in [0.15, 0.2) is 0 Å². The van der Waals surface area contributed by atoms with Gasteiger partial charge in [-0.2, -0.15) is 5.26 Å². The van der Waals surface area contributed by atoms with Crippen molar-refractivity contribution >= 4 is 17.7 Å². The van der Waals surface area contributed by atoms with Crippen LogP contribution in [0.1, 0.15) is 23.6 Å². The van der Waals surface area contributed by atoms with Gasteiger partial charge < -0.3 is 4.90 Å². The SMILES string of the molecule is CN(C(=O)CSCC#N)[C@H]1CCc2ccccc21. The summed E-state index contributed by atoms with van der Waals surface area (Å²) in [6, 6.07) is 10.6. The van der Waals surface area contributed by atoms with Gasteiger partial charge in [0.2, 0.25) is 5.91 Å². The molecule has 1 aromatic carbocycles. The van der Waals surface area contributed by atoms with E-state index in [2.05, 4.69) is 12.1 Å². The third-order valence-corrected chi connectivity index (χ3v) is 4.14. The van der Waals surface area contributed by atoms with Crippen LogP contribution in [0.2, 0.25) is 0 Å². The Hall–Kier alpha value is -1.47. The number of aryl methyl sites for hydroxylation is 1. The molecular weight excluding hydrogens is 244 g/mol. The first-order valence-corrected chi connectivity index (χ1v) is 7.17. The average molecular weight is 260 g/mol. The lowest BCUT2D eigenvalue weighted by atomic mass is 10.1.